The van der Waals surface area contributed by atoms with Gasteiger partial charge in [0.05, 0.1) is 30.9 Å². The normalized spacial score (nSPS) is 10.6. The molecule has 2 aromatic carbocycles. The van der Waals surface area contributed by atoms with E-state index in [1.807, 2.05) is 31.2 Å². The van der Waals surface area contributed by atoms with Crippen LogP contribution in [0, 0.1) is 0 Å². The molecule has 0 spiro atoms. The van der Waals surface area contributed by atoms with E-state index in [0.29, 0.717) is 22.4 Å². The fourth-order valence-electron chi connectivity index (χ4n) is 2.06. The zero-order valence-electron chi connectivity index (χ0n) is 14.5. The van der Waals surface area contributed by atoms with Crippen LogP contribution < -0.4 is 20.2 Å². The number of phenols is 1. The third-order valence-electron chi connectivity index (χ3n) is 3.29. The van der Waals surface area contributed by atoms with Gasteiger partial charge in [-0.3, -0.25) is 4.79 Å². The number of nitrogens with one attached hydrogen (secondary N) is 2. The molecule has 0 atom stereocenters. The number of rotatable bonds is 8. The molecule has 8 heteroatoms. The summed E-state index contributed by atoms with van der Waals surface area (Å²) in [6.07, 6.45) is 1.46. The van der Waals surface area contributed by atoms with Crippen LogP contribution in [0.1, 0.15) is 12.5 Å². The summed E-state index contributed by atoms with van der Waals surface area (Å²) in [6, 6.07) is 10.6. The lowest BCUT2D eigenvalue weighted by Gasteiger charge is -2.07. The highest BCUT2D eigenvalue weighted by atomic mass is 79.9. The summed E-state index contributed by atoms with van der Waals surface area (Å²) in [5.74, 6) is 0.806. The average molecular weight is 422 g/mol. The number of aromatic hydroxyl groups is 1. The number of carbonyl (C=O) groups is 1. The molecule has 0 aliphatic rings. The van der Waals surface area contributed by atoms with Crippen LogP contribution in [0.2, 0.25) is 0 Å². The van der Waals surface area contributed by atoms with E-state index in [4.69, 9.17) is 9.47 Å². The predicted octanol–water partition coefficient (Wildman–Crippen LogP) is 3.12. The molecule has 0 saturated carbocycles. The summed E-state index contributed by atoms with van der Waals surface area (Å²) in [5, 5.41) is 16.6. The Bertz CT molecular complexity index is 779. The third kappa shape index (κ3) is 5.66. The number of amides is 1. The largest absolute Gasteiger partial charge is 0.503 e. The van der Waals surface area contributed by atoms with Gasteiger partial charge in [0.1, 0.15) is 5.75 Å². The first-order valence-corrected chi connectivity index (χ1v) is 8.68. The first-order valence-electron chi connectivity index (χ1n) is 7.88. The SMILES string of the molecule is CCOc1ccc(NCC(=O)N/N=C\c2cc(Br)c(O)c(OC)c2)cc1. The van der Waals surface area contributed by atoms with Crippen molar-refractivity contribution in [1.29, 1.82) is 0 Å². The van der Waals surface area contributed by atoms with Crippen LogP contribution in [-0.4, -0.2) is 37.5 Å². The van der Waals surface area contributed by atoms with Crippen LogP contribution in [-0.2, 0) is 4.79 Å². The highest BCUT2D eigenvalue weighted by molar-refractivity contribution is 9.10. The second kappa shape index (κ2) is 9.67. The van der Waals surface area contributed by atoms with E-state index < -0.39 is 0 Å². The van der Waals surface area contributed by atoms with Gasteiger partial charge in [-0.1, -0.05) is 0 Å². The Morgan fingerprint density at radius 1 is 1.31 bits per heavy atom. The molecule has 0 saturated heterocycles. The summed E-state index contributed by atoms with van der Waals surface area (Å²) >= 11 is 3.23. The molecule has 0 bridgehead atoms. The van der Waals surface area contributed by atoms with Gasteiger partial charge in [0.2, 0.25) is 0 Å². The molecule has 3 N–H and O–H groups in total. The van der Waals surface area contributed by atoms with Gasteiger partial charge in [0.15, 0.2) is 11.5 Å². The molecule has 0 fully saturated rings. The number of hydrogen-bond acceptors (Lipinski definition) is 6. The maximum Gasteiger partial charge on any atom is 0.259 e. The fourth-order valence-corrected chi connectivity index (χ4v) is 2.52. The van der Waals surface area contributed by atoms with E-state index in [1.54, 1.807) is 12.1 Å². The summed E-state index contributed by atoms with van der Waals surface area (Å²) in [6.45, 7) is 2.61. The van der Waals surface area contributed by atoms with Crippen LogP contribution in [0.4, 0.5) is 5.69 Å². The quantitative estimate of drug-likeness (QED) is 0.449. The number of ether oxygens (including phenoxy) is 2. The molecule has 26 heavy (non-hydrogen) atoms. The maximum absolute atomic E-state index is 11.8. The smallest absolute Gasteiger partial charge is 0.259 e. The van der Waals surface area contributed by atoms with Crippen molar-refractivity contribution in [3.05, 3.63) is 46.4 Å². The molecule has 0 aliphatic carbocycles. The molecule has 7 nitrogen and oxygen atoms in total. The second-order valence-electron chi connectivity index (χ2n) is 5.16. The Balaban J connectivity index is 1.84. The predicted molar refractivity (Wildman–Crippen MR) is 104 cm³/mol. The van der Waals surface area contributed by atoms with E-state index in [1.165, 1.54) is 13.3 Å². The Morgan fingerprint density at radius 2 is 2.04 bits per heavy atom. The van der Waals surface area contributed by atoms with Gasteiger partial charge in [0.25, 0.3) is 5.91 Å². The lowest BCUT2D eigenvalue weighted by Crippen LogP contribution is -2.25. The van der Waals surface area contributed by atoms with E-state index in [0.717, 1.165) is 11.4 Å². The Kier molecular flexibility index (Phi) is 7.28. The molecule has 0 aliphatic heterocycles. The maximum atomic E-state index is 11.8. The number of nitrogens with zero attached hydrogens (tertiary/aromatic N) is 1. The van der Waals surface area contributed by atoms with E-state index in [9.17, 15) is 9.90 Å². The minimum atomic E-state index is -0.292. The lowest BCUT2D eigenvalue weighted by molar-refractivity contribution is -0.119. The average Bonchev–Trinajstić information content (AvgIpc) is 2.64. The Hall–Kier alpha value is -2.74. The molecular formula is C18H20BrN3O4. The summed E-state index contributed by atoms with van der Waals surface area (Å²) < 4.78 is 10.9. The van der Waals surface area contributed by atoms with Crippen LogP contribution >= 0.6 is 15.9 Å². The summed E-state index contributed by atoms with van der Waals surface area (Å²) in [7, 11) is 1.46. The fraction of sp³-hybridized carbons (Fsp3) is 0.222. The number of benzene rings is 2. The molecule has 2 aromatic rings. The Labute approximate surface area is 160 Å². The lowest BCUT2D eigenvalue weighted by atomic mass is 10.2. The molecule has 138 valence electrons. The second-order valence-corrected chi connectivity index (χ2v) is 6.01. The highest BCUT2D eigenvalue weighted by Crippen LogP contribution is 2.34. The number of halogens is 1. The molecular weight excluding hydrogens is 402 g/mol. The third-order valence-corrected chi connectivity index (χ3v) is 3.90. The van der Waals surface area contributed by atoms with Gasteiger partial charge in [-0.15, -0.1) is 0 Å². The molecule has 0 aromatic heterocycles. The summed E-state index contributed by atoms with van der Waals surface area (Å²) in [5.41, 5.74) is 3.89. The topological polar surface area (TPSA) is 92.2 Å². The molecule has 0 radical (unpaired) electrons. The zero-order chi connectivity index (χ0) is 18.9. The van der Waals surface area contributed by atoms with Crippen LogP contribution in [0.5, 0.6) is 17.2 Å². The number of hydrazone groups is 1. The zero-order valence-corrected chi connectivity index (χ0v) is 16.0. The van der Waals surface area contributed by atoms with Crippen LogP contribution in [0.3, 0.4) is 0 Å². The highest BCUT2D eigenvalue weighted by Gasteiger charge is 2.07. The van der Waals surface area contributed by atoms with Crippen molar-refractivity contribution in [3.8, 4) is 17.2 Å². The van der Waals surface area contributed by atoms with E-state index >= 15 is 0 Å². The van der Waals surface area contributed by atoms with Crippen molar-refractivity contribution in [2.75, 3.05) is 25.6 Å². The first-order chi connectivity index (χ1) is 12.5. The van der Waals surface area contributed by atoms with Crippen molar-refractivity contribution in [3.63, 3.8) is 0 Å². The van der Waals surface area contributed by atoms with Gasteiger partial charge < -0.3 is 19.9 Å². The van der Waals surface area contributed by atoms with Crippen LogP contribution in [0.15, 0.2) is 46.0 Å². The molecule has 0 heterocycles. The molecule has 0 unspecified atom stereocenters. The van der Waals surface area contributed by atoms with Gasteiger partial charge in [0, 0.05) is 5.69 Å². The van der Waals surface area contributed by atoms with E-state index in [-0.39, 0.29) is 18.2 Å². The van der Waals surface area contributed by atoms with Crippen molar-refractivity contribution < 1.29 is 19.4 Å². The van der Waals surface area contributed by atoms with Crippen LogP contribution in [0.25, 0.3) is 0 Å². The number of hydrogen-bond donors (Lipinski definition) is 3. The van der Waals surface area contributed by atoms with Crippen molar-refractivity contribution >= 4 is 33.7 Å². The first kappa shape index (κ1) is 19.6. The van der Waals surface area contributed by atoms with Gasteiger partial charge in [-0.05, 0) is 64.8 Å². The van der Waals surface area contributed by atoms with Crippen molar-refractivity contribution in [1.82, 2.24) is 5.43 Å². The standard InChI is InChI=1S/C18H20BrN3O4/c1-3-26-14-6-4-13(5-7-14)20-11-17(23)22-21-10-12-8-15(19)18(24)16(9-12)25-2/h4-10,20,24H,3,11H2,1-2H3,(H,22,23)/b21-10-. The monoisotopic (exact) mass is 421 g/mol. The number of anilines is 1. The van der Waals surface area contributed by atoms with Gasteiger partial charge >= 0.3 is 0 Å². The minimum Gasteiger partial charge on any atom is -0.503 e. The minimum absolute atomic E-state index is 0.00763. The van der Waals surface area contributed by atoms with Gasteiger partial charge in [-0.25, -0.2) is 5.43 Å². The number of phenolic OH excluding ortho intramolecular Hbond substituents is 1. The van der Waals surface area contributed by atoms with Gasteiger partial charge in [-0.2, -0.15) is 5.10 Å². The number of methoxy groups -OCH3 is 1. The number of carbonyl (C=O) groups excluding carboxylic acids is 1. The molecule has 1 amide bonds. The van der Waals surface area contributed by atoms with E-state index in [2.05, 4.69) is 31.8 Å². The van der Waals surface area contributed by atoms with Crippen molar-refractivity contribution in [2.45, 2.75) is 6.92 Å². The van der Waals surface area contributed by atoms with Crippen molar-refractivity contribution in [2.24, 2.45) is 5.10 Å². The molecule has 2 rings (SSSR count). The Morgan fingerprint density at radius 3 is 2.69 bits per heavy atom. The summed E-state index contributed by atoms with van der Waals surface area (Å²) in [4.78, 5) is 11.8.